The third kappa shape index (κ3) is 4.55. The highest BCUT2D eigenvalue weighted by molar-refractivity contribution is 7.07. The van der Waals surface area contributed by atoms with Gasteiger partial charge >= 0.3 is 10.8 Å². The number of benzene rings is 1. The van der Waals surface area contributed by atoms with Gasteiger partial charge in [0.25, 0.3) is 5.91 Å². The SMILES string of the molecule is CCc1ccc(NC(=O)[C@@H](C)OC(=O)Cn2c(C)csc2=O)cc1. The molecular formula is C17H20N2O4S. The molecule has 1 amide bonds. The molecule has 1 aromatic carbocycles. The van der Waals surface area contributed by atoms with Crippen LogP contribution in [0.2, 0.25) is 0 Å². The first kappa shape index (κ1) is 17.9. The van der Waals surface area contributed by atoms with Gasteiger partial charge < -0.3 is 10.1 Å². The number of nitrogens with zero attached hydrogens (tertiary/aromatic N) is 1. The van der Waals surface area contributed by atoms with Crippen LogP contribution in [0.15, 0.2) is 34.4 Å². The quantitative estimate of drug-likeness (QED) is 0.813. The number of rotatable bonds is 6. The summed E-state index contributed by atoms with van der Waals surface area (Å²) in [7, 11) is 0. The maximum atomic E-state index is 12.1. The Morgan fingerprint density at radius 3 is 2.50 bits per heavy atom. The Labute approximate surface area is 144 Å². The number of ether oxygens (including phenoxy) is 1. The third-order valence-corrected chi connectivity index (χ3v) is 4.45. The number of aryl methyl sites for hydroxylation is 2. The molecule has 2 aromatic rings. The van der Waals surface area contributed by atoms with Crippen LogP contribution in [0.4, 0.5) is 5.69 Å². The van der Waals surface area contributed by atoms with Gasteiger partial charge in [-0.2, -0.15) is 0 Å². The molecule has 0 aliphatic carbocycles. The van der Waals surface area contributed by atoms with Gasteiger partial charge in [0, 0.05) is 16.8 Å². The van der Waals surface area contributed by atoms with Crippen molar-refractivity contribution in [1.29, 1.82) is 0 Å². The fourth-order valence-corrected chi connectivity index (χ4v) is 2.82. The van der Waals surface area contributed by atoms with Crippen molar-refractivity contribution in [2.75, 3.05) is 5.32 Å². The Bertz CT molecular complexity index is 777. The van der Waals surface area contributed by atoms with Gasteiger partial charge in [0.2, 0.25) is 0 Å². The molecule has 1 N–H and O–H groups in total. The summed E-state index contributed by atoms with van der Waals surface area (Å²) in [6.07, 6.45) is -0.0261. The second-order valence-electron chi connectivity index (χ2n) is 5.40. The van der Waals surface area contributed by atoms with E-state index in [1.165, 1.54) is 17.1 Å². The summed E-state index contributed by atoms with van der Waals surface area (Å²) in [5, 5.41) is 4.37. The molecule has 1 aromatic heterocycles. The zero-order valence-corrected chi connectivity index (χ0v) is 14.7. The van der Waals surface area contributed by atoms with E-state index in [1.54, 1.807) is 24.4 Å². The zero-order valence-electron chi connectivity index (χ0n) is 13.9. The molecule has 2 rings (SSSR count). The molecule has 0 bridgehead atoms. The molecule has 0 spiro atoms. The van der Waals surface area contributed by atoms with Gasteiger partial charge in [-0.05, 0) is 38.0 Å². The maximum absolute atomic E-state index is 12.1. The summed E-state index contributed by atoms with van der Waals surface area (Å²) in [5.41, 5.74) is 2.50. The van der Waals surface area contributed by atoms with Crippen molar-refractivity contribution in [3.63, 3.8) is 0 Å². The highest BCUT2D eigenvalue weighted by Gasteiger charge is 2.19. The number of anilines is 1. The molecule has 0 saturated heterocycles. The molecule has 6 nitrogen and oxygen atoms in total. The number of hydrogen-bond donors (Lipinski definition) is 1. The Hall–Kier alpha value is -2.41. The first-order valence-electron chi connectivity index (χ1n) is 7.65. The predicted molar refractivity (Wildman–Crippen MR) is 93.3 cm³/mol. The average Bonchev–Trinajstić information content (AvgIpc) is 2.87. The Kier molecular flexibility index (Phi) is 5.92. The van der Waals surface area contributed by atoms with Crippen LogP contribution in [-0.4, -0.2) is 22.5 Å². The topological polar surface area (TPSA) is 77.4 Å². The number of amides is 1. The van der Waals surface area contributed by atoms with Crippen LogP contribution in [0.3, 0.4) is 0 Å². The van der Waals surface area contributed by atoms with Crippen molar-refractivity contribution in [2.45, 2.75) is 39.8 Å². The van der Waals surface area contributed by atoms with Gasteiger partial charge in [0.05, 0.1) is 0 Å². The number of carbonyl (C=O) groups is 2. The molecule has 0 fully saturated rings. The Balaban J connectivity index is 1.90. The smallest absolute Gasteiger partial charge is 0.326 e. The lowest BCUT2D eigenvalue weighted by Crippen LogP contribution is -2.32. The van der Waals surface area contributed by atoms with Crippen molar-refractivity contribution >= 4 is 28.9 Å². The standard InChI is InChI=1S/C17H20N2O4S/c1-4-13-5-7-14(8-6-13)18-16(21)12(3)23-15(20)9-19-11(2)10-24-17(19)22/h5-8,10,12H,4,9H2,1-3H3,(H,18,21)/t12-/m1/s1. The van der Waals surface area contributed by atoms with Crippen LogP contribution in [0, 0.1) is 6.92 Å². The highest BCUT2D eigenvalue weighted by atomic mass is 32.1. The Morgan fingerprint density at radius 2 is 1.96 bits per heavy atom. The van der Waals surface area contributed by atoms with Crippen molar-refractivity contribution in [2.24, 2.45) is 0 Å². The minimum absolute atomic E-state index is 0.197. The monoisotopic (exact) mass is 348 g/mol. The van der Waals surface area contributed by atoms with Crippen molar-refractivity contribution in [3.8, 4) is 0 Å². The van der Waals surface area contributed by atoms with Gasteiger partial charge in [-0.3, -0.25) is 19.0 Å². The van der Waals surface area contributed by atoms with E-state index < -0.39 is 18.0 Å². The number of thiazole rings is 1. The molecule has 1 heterocycles. The second-order valence-corrected chi connectivity index (χ2v) is 6.22. The van der Waals surface area contributed by atoms with Crippen LogP contribution in [0.5, 0.6) is 0 Å². The van der Waals surface area contributed by atoms with E-state index in [-0.39, 0.29) is 11.4 Å². The van der Waals surface area contributed by atoms with Gasteiger partial charge in [0.15, 0.2) is 6.10 Å². The molecule has 128 valence electrons. The summed E-state index contributed by atoms with van der Waals surface area (Å²) in [6, 6.07) is 7.47. The van der Waals surface area contributed by atoms with Gasteiger partial charge in [-0.15, -0.1) is 0 Å². The minimum Gasteiger partial charge on any atom is -0.451 e. The van der Waals surface area contributed by atoms with Crippen LogP contribution in [-0.2, 0) is 27.3 Å². The van der Waals surface area contributed by atoms with Crippen molar-refractivity contribution in [1.82, 2.24) is 4.57 Å². The van der Waals surface area contributed by atoms with E-state index in [9.17, 15) is 14.4 Å². The van der Waals surface area contributed by atoms with Gasteiger partial charge in [-0.25, -0.2) is 0 Å². The normalized spacial score (nSPS) is 11.8. The second kappa shape index (κ2) is 7.92. The molecule has 0 saturated carbocycles. The molecule has 7 heteroatoms. The van der Waals surface area contributed by atoms with E-state index in [0.29, 0.717) is 11.4 Å². The predicted octanol–water partition coefficient (Wildman–Crippen LogP) is 2.35. The summed E-state index contributed by atoms with van der Waals surface area (Å²) >= 11 is 1.02. The molecule has 24 heavy (non-hydrogen) atoms. The summed E-state index contributed by atoms with van der Waals surface area (Å²) in [4.78, 5) is 35.4. The molecule has 0 aliphatic rings. The van der Waals surface area contributed by atoms with Crippen LogP contribution < -0.4 is 10.2 Å². The molecule has 0 radical (unpaired) electrons. The molecule has 1 atom stereocenters. The van der Waals surface area contributed by atoms with E-state index >= 15 is 0 Å². The van der Waals surface area contributed by atoms with E-state index in [0.717, 1.165) is 17.8 Å². The number of nitrogens with one attached hydrogen (secondary N) is 1. The number of aromatic nitrogens is 1. The average molecular weight is 348 g/mol. The third-order valence-electron chi connectivity index (χ3n) is 3.57. The lowest BCUT2D eigenvalue weighted by molar-refractivity contribution is -0.153. The van der Waals surface area contributed by atoms with E-state index in [4.69, 9.17) is 4.74 Å². The highest BCUT2D eigenvalue weighted by Crippen LogP contribution is 2.11. The minimum atomic E-state index is -0.946. The zero-order chi connectivity index (χ0) is 17.7. The summed E-state index contributed by atoms with van der Waals surface area (Å²) in [5.74, 6) is -1.04. The van der Waals surface area contributed by atoms with Gasteiger partial charge in [-0.1, -0.05) is 30.4 Å². The van der Waals surface area contributed by atoms with E-state index in [2.05, 4.69) is 12.2 Å². The number of esters is 1. The van der Waals surface area contributed by atoms with Crippen LogP contribution in [0.25, 0.3) is 0 Å². The summed E-state index contributed by atoms with van der Waals surface area (Å²) < 4.78 is 6.43. The lowest BCUT2D eigenvalue weighted by Gasteiger charge is -2.14. The van der Waals surface area contributed by atoms with E-state index in [1.807, 2.05) is 12.1 Å². The fourth-order valence-electron chi connectivity index (χ4n) is 2.08. The summed E-state index contributed by atoms with van der Waals surface area (Å²) in [6.45, 7) is 5.09. The molecule has 0 unspecified atom stereocenters. The van der Waals surface area contributed by atoms with Crippen molar-refractivity contribution in [3.05, 3.63) is 50.6 Å². The molecule has 0 aliphatic heterocycles. The first-order valence-corrected chi connectivity index (χ1v) is 8.53. The molecular weight excluding hydrogens is 328 g/mol. The number of hydrogen-bond acceptors (Lipinski definition) is 5. The van der Waals surface area contributed by atoms with Crippen LogP contribution >= 0.6 is 11.3 Å². The Morgan fingerprint density at radius 1 is 1.29 bits per heavy atom. The largest absolute Gasteiger partial charge is 0.451 e. The lowest BCUT2D eigenvalue weighted by atomic mass is 10.1. The number of carbonyl (C=O) groups excluding carboxylic acids is 2. The first-order chi connectivity index (χ1) is 11.4. The fraction of sp³-hybridized carbons (Fsp3) is 0.353. The maximum Gasteiger partial charge on any atom is 0.326 e. The van der Waals surface area contributed by atoms with Gasteiger partial charge in [0.1, 0.15) is 6.54 Å². The van der Waals surface area contributed by atoms with Crippen molar-refractivity contribution < 1.29 is 14.3 Å². The van der Waals surface area contributed by atoms with Crippen LogP contribution in [0.1, 0.15) is 25.1 Å².